The van der Waals surface area contributed by atoms with E-state index >= 15 is 0 Å². The average molecular weight is 272 g/mol. The quantitative estimate of drug-likeness (QED) is 0.609. The Balaban J connectivity index is 3.01. The zero-order chi connectivity index (χ0) is 14.8. The van der Waals surface area contributed by atoms with Gasteiger partial charge in [-0.25, -0.2) is 0 Å². The minimum absolute atomic E-state index is 0.440. The van der Waals surface area contributed by atoms with Gasteiger partial charge < -0.3 is 0 Å². The summed E-state index contributed by atoms with van der Waals surface area (Å²) in [7, 11) is 0. The van der Waals surface area contributed by atoms with E-state index in [9.17, 15) is 0 Å². The molecule has 1 atom stereocenters. The molecule has 0 saturated carbocycles. The first-order chi connectivity index (χ1) is 9.78. The highest BCUT2D eigenvalue weighted by Gasteiger charge is 2.24. The van der Waals surface area contributed by atoms with E-state index < -0.39 is 0 Å². The van der Waals surface area contributed by atoms with Crippen molar-refractivity contribution in [2.45, 2.75) is 52.9 Å². The van der Waals surface area contributed by atoms with Crippen LogP contribution in [0.2, 0.25) is 0 Å². The molecule has 0 amide bonds. The Kier molecular flexibility index (Phi) is 7.71. The second kappa shape index (κ2) is 9.35. The van der Waals surface area contributed by atoms with Gasteiger partial charge in [-0.05, 0) is 37.3 Å². The van der Waals surface area contributed by atoms with Crippen LogP contribution in [-0.2, 0) is 0 Å². The normalized spacial score (nSPS) is 19.6. The number of rotatable bonds is 8. The van der Waals surface area contributed by atoms with Gasteiger partial charge in [0.2, 0.25) is 0 Å². The van der Waals surface area contributed by atoms with Crippen LogP contribution in [0.1, 0.15) is 52.9 Å². The van der Waals surface area contributed by atoms with Crippen molar-refractivity contribution in [3.05, 3.63) is 48.2 Å². The summed E-state index contributed by atoms with van der Waals surface area (Å²) < 4.78 is 0. The zero-order valence-corrected chi connectivity index (χ0v) is 13.2. The van der Waals surface area contributed by atoms with Crippen molar-refractivity contribution >= 4 is 5.71 Å². The summed E-state index contributed by atoms with van der Waals surface area (Å²) in [6, 6.07) is 0. The van der Waals surface area contributed by atoms with E-state index in [1.807, 2.05) is 19.1 Å². The van der Waals surface area contributed by atoms with Crippen molar-refractivity contribution in [3.8, 4) is 0 Å². The van der Waals surface area contributed by atoms with E-state index in [1.54, 1.807) is 0 Å². The van der Waals surface area contributed by atoms with E-state index in [-0.39, 0.29) is 0 Å². The van der Waals surface area contributed by atoms with Gasteiger partial charge in [-0.3, -0.25) is 5.43 Å². The predicted octanol–water partition coefficient (Wildman–Crippen LogP) is 5.12. The average Bonchev–Trinajstić information content (AvgIpc) is 2.46. The van der Waals surface area contributed by atoms with Crippen molar-refractivity contribution in [2.75, 3.05) is 0 Å². The molecule has 110 valence electrons. The van der Waals surface area contributed by atoms with Crippen LogP contribution < -0.4 is 5.43 Å². The predicted molar refractivity (Wildman–Crippen MR) is 89.7 cm³/mol. The molecular formula is C18H28N2. The van der Waals surface area contributed by atoms with Gasteiger partial charge in [0.25, 0.3) is 0 Å². The van der Waals surface area contributed by atoms with Crippen LogP contribution in [0.4, 0.5) is 0 Å². The summed E-state index contributed by atoms with van der Waals surface area (Å²) in [5, 5.41) is 4.55. The first-order valence-electron chi connectivity index (χ1n) is 7.76. The maximum atomic E-state index is 4.55. The lowest BCUT2D eigenvalue weighted by molar-refractivity contribution is 0.617. The van der Waals surface area contributed by atoms with E-state index in [0.29, 0.717) is 5.92 Å². The van der Waals surface area contributed by atoms with Crippen molar-refractivity contribution in [2.24, 2.45) is 11.0 Å². The fraction of sp³-hybridized carbons (Fsp3) is 0.500. The molecule has 0 fully saturated rings. The monoisotopic (exact) mass is 272 g/mol. The Morgan fingerprint density at radius 3 is 2.80 bits per heavy atom. The number of hydrogen-bond acceptors (Lipinski definition) is 2. The minimum Gasteiger partial charge on any atom is -0.286 e. The molecule has 2 heteroatoms. The Hall–Kier alpha value is -1.57. The number of hydrogen-bond donors (Lipinski definition) is 1. The lowest BCUT2D eigenvalue weighted by atomic mass is 9.83. The van der Waals surface area contributed by atoms with Gasteiger partial charge in [0.05, 0.1) is 5.71 Å². The highest BCUT2D eigenvalue weighted by atomic mass is 15.3. The second-order valence-electron chi connectivity index (χ2n) is 5.15. The molecule has 1 unspecified atom stereocenters. The summed E-state index contributed by atoms with van der Waals surface area (Å²) in [5.74, 6) is 0.440. The van der Waals surface area contributed by atoms with Gasteiger partial charge in [-0.15, -0.1) is 0 Å². The second-order valence-corrected chi connectivity index (χ2v) is 5.15. The van der Waals surface area contributed by atoms with Gasteiger partial charge in [-0.2, -0.15) is 5.10 Å². The Morgan fingerprint density at radius 1 is 1.40 bits per heavy atom. The molecule has 20 heavy (non-hydrogen) atoms. The molecule has 1 rings (SSSR count). The third kappa shape index (κ3) is 4.52. The topological polar surface area (TPSA) is 24.4 Å². The third-order valence-corrected chi connectivity index (χ3v) is 3.55. The molecular weight excluding hydrogens is 244 g/mol. The molecule has 1 aliphatic heterocycles. The molecule has 0 saturated heterocycles. The lowest BCUT2D eigenvalue weighted by Gasteiger charge is -2.26. The van der Waals surface area contributed by atoms with Crippen molar-refractivity contribution in [1.82, 2.24) is 5.43 Å². The number of hydrazone groups is 1. The maximum absolute atomic E-state index is 4.55. The standard InChI is InChI=1S/C18H28N2/c1-5-9-13-16-14-19-20-18(17(16)12-8-4)15(10-6-2)11-7-3/h6-7,10-11,14,17,19H,2,5,8-9,12-13H2,1,3-4H3/b11-7-,15-10+. The fourth-order valence-electron chi connectivity index (χ4n) is 2.58. The summed E-state index contributed by atoms with van der Waals surface area (Å²) in [5.41, 5.74) is 6.89. The van der Waals surface area contributed by atoms with Gasteiger partial charge >= 0.3 is 0 Å². The van der Waals surface area contributed by atoms with Crippen LogP contribution >= 0.6 is 0 Å². The van der Waals surface area contributed by atoms with Crippen LogP contribution in [0, 0.1) is 5.92 Å². The van der Waals surface area contributed by atoms with Gasteiger partial charge in [0, 0.05) is 12.1 Å². The Labute approximate surface area is 124 Å². The van der Waals surface area contributed by atoms with Gasteiger partial charge in [0.1, 0.15) is 0 Å². The van der Waals surface area contributed by atoms with Crippen molar-refractivity contribution < 1.29 is 0 Å². The highest BCUT2D eigenvalue weighted by Crippen LogP contribution is 2.29. The van der Waals surface area contributed by atoms with Crippen LogP contribution in [-0.4, -0.2) is 5.71 Å². The molecule has 0 radical (unpaired) electrons. The van der Waals surface area contributed by atoms with E-state index in [2.05, 4.69) is 49.3 Å². The number of nitrogens with one attached hydrogen (secondary N) is 1. The molecule has 0 aliphatic carbocycles. The van der Waals surface area contributed by atoms with E-state index in [1.165, 1.54) is 24.8 Å². The maximum Gasteiger partial charge on any atom is 0.0750 e. The third-order valence-electron chi connectivity index (χ3n) is 3.55. The first-order valence-corrected chi connectivity index (χ1v) is 7.76. The van der Waals surface area contributed by atoms with Crippen molar-refractivity contribution in [1.29, 1.82) is 0 Å². The van der Waals surface area contributed by atoms with Gasteiger partial charge in [0.15, 0.2) is 0 Å². The smallest absolute Gasteiger partial charge is 0.0750 e. The molecule has 2 nitrogen and oxygen atoms in total. The van der Waals surface area contributed by atoms with Crippen LogP contribution in [0.3, 0.4) is 0 Å². The molecule has 0 aromatic heterocycles. The molecule has 0 spiro atoms. The van der Waals surface area contributed by atoms with Crippen LogP contribution in [0.25, 0.3) is 0 Å². The molecule has 0 bridgehead atoms. The Morgan fingerprint density at radius 2 is 2.20 bits per heavy atom. The molecule has 1 aliphatic rings. The van der Waals surface area contributed by atoms with Crippen LogP contribution in [0.5, 0.6) is 0 Å². The lowest BCUT2D eigenvalue weighted by Crippen LogP contribution is -2.26. The number of nitrogens with zero attached hydrogens (tertiary/aromatic N) is 1. The SMILES string of the molecule is C=C/C=C(\C=C/C)C1=NNC=C(CCCC)C1CCC. The van der Waals surface area contributed by atoms with E-state index in [4.69, 9.17) is 0 Å². The van der Waals surface area contributed by atoms with Crippen LogP contribution in [0.15, 0.2) is 53.3 Å². The first kappa shape index (κ1) is 16.5. The zero-order valence-electron chi connectivity index (χ0n) is 13.2. The minimum atomic E-state index is 0.440. The van der Waals surface area contributed by atoms with Crippen molar-refractivity contribution in [3.63, 3.8) is 0 Å². The largest absolute Gasteiger partial charge is 0.286 e. The summed E-state index contributed by atoms with van der Waals surface area (Å²) in [6.45, 7) is 10.3. The number of allylic oxidation sites excluding steroid dienone is 6. The summed E-state index contributed by atoms with van der Waals surface area (Å²) in [4.78, 5) is 0. The fourth-order valence-corrected chi connectivity index (χ4v) is 2.58. The molecule has 1 heterocycles. The molecule has 0 aromatic carbocycles. The summed E-state index contributed by atoms with van der Waals surface area (Å²) in [6.07, 6.45) is 16.1. The molecule has 0 aromatic rings. The van der Waals surface area contributed by atoms with E-state index in [0.717, 1.165) is 24.1 Å². The number of unbranched alkanes of at least 4 members (excludes halogenated alkanes) is 1. The van der Waals surface area contributed by atoms with Gasteiger partial charge in [-0.1, -0.05) is 57.6 Å². The Bertz CT molecular complexity index is 425. The summed E-state index contributed by atoms with van der Waals surface area (Å²) >= 11 is 0. The highest BCUT2D eigenvalue weighted by molar-refractivity contribution is 6.06. The molecule has 1 N–H and O–H groups in total.